The first-order valence-corrected chi connectivity index (χ1v) is 6.04. The Labute approximate surface area is 101 Å². The minimum atomic E-state index is -0.129. The van der Waals surface area contributed by atoms with Crippen LogP contribution in [-0.4, -0.2) is 18.6 Å². The lowest BCUT2D eigenvalue weighted by molar-refractivity contribution is 0.0575. The van der Waals surface area contributed by atoms with E-state index < -0.39 is 0 Å². The summed E-state index contributed by atoms with van der Waals surface area (Å²) >= 11 is 0. The predicted octanol–water partition coefficient (Wildman–Crippen LogP) is 2.06. The van der Waals surface area contributed by atoms with Crippen molar-refractivity contribution < 1.29 is 9.53 Å². The molecule has 3 heteroatoms. The Morgan fingerprint density at radius 1 is 1.29 bits per heavy atom. The Kier molecular flexibility index (Phi) is 4.37. The van der Waals surface area contributed by atoms with Gasteiger partial charge in [-0.1, -0.05) is 30.3 Å². The molecule has 1 atom stereocenters. The van der Waals surface area contributed by atoms with E-state index in [0.29, 0.717) is 12.3 Å². The van der Waals surface area contributed by atoms with E-state index in [9.17, 15) is 4.79 Å². The zero-order chi connectivity index (χ0) is 11.9. The third kappa shape index (κ3) is 3.45. The fourth-order valence-electron chi connectivity index (χ4n) is 1.98. The smallest absolute Gasteiger partial charge is 0.148 e. The normalized spacial score (nSPS) is 20.2. The summed E-state index contributed by atoms with van der Waals surface area (Å²) in [7, 11) is 0. The summed E-state index contributed by atoms with van der Waals surface area (Å²) in [5.41, 5.74) is 1.69. The first-order valence-electron chi connectivity index (χ1n) is 6.04. The minimum absolute atomic E-state index is 0.129. The van der Waals surface area contributed by atoms with E-state index in [1.54, 1.807) is 0 Å². The lowest BCUT2D eigenvalue weighted by Crippen LogP contribution is -2.25. The number of rotatable bonds is 3. The molecule has 0 saturated carbocycles. The van der Waals surface area contributed by atoms with Gasteiger partial charge in [-0.05, 0) is 24.8 Å². The second-order valence-electron chi connectivity index (χ2n) is 4.22. The van der Waals surface area contributed by atoms with Crippen molar-refractivity contribution in [2.24, 2.45) is 0 Å². The number of carbonyl (C=O) groups excluding carboxylic acids is 1. The lowest BCUT2D eigenvalue weighted by atomic mass is 10.1. The highest BCUT2D eigenvalue weighted by Gasteiger charge is 2.18. The van der Waals surface area contributed by atoms with Crippen LogP contribution in [0.5, 0.6) is 0 Å². The highest BCUT2D eigenvalue weighted by molar-refractivity contribution is 5.53. The highest BCUT2D eigenvalue weighted by Crippen LogP contribution is 2.16. The molecule has 17 heavy (non-hydrogen) atoms. The molecule has 1 N–H and O–H groups in total. The molecule has 0 aliphatic carbocycles. The highest BCUT2D eigenvalue weighted by atomic mass is 16.5. The molecule has 0 aromatic heterocycles. The fourth-order valence-corrected chi connectivity index (χ4v) is 1.98. The predicted molar refractivity (Wildman–Crippen MR) is 66.1 cm³/mol. The third-order valence-corrected chi connectivity index (χ3v) is 2.93. The Hall–Kier alpha value is -1.57. The molecule has 1 aliphatic rings. The summed E-state index contributed by atoms with van der Waals surface area (Å²) in [6.07, 6.45) is 2.92. The Bertz CT molecular complexity index is 396. The molecular formula is C14H17NO2. The molecule has 0 spiro atoms. The number of benzene rings is 1. The van der Waals surface area contributed by atoms with E-state index in [0.717, 1.165) is 31.4 Å². The van der Waals surface area contributed by atoms with Crippen molar-refractivity contribution in [2.45, 2.75) is 32.0 Å². The van der Waals surface area contributed by atoms with Gasteiger partial charge in [-0.3, -0.25) is 0 Å². The van der Waals surface area contributed by atoms with Gasteiger partial charge in [-0.15, -0.1) is 0 Å². The number of ether oxygens (including phenoxy) is 1. The molecule has 2 rings (SSSR count). The van der Waals surface area contributed by atoms with Crippen LogP contribution in [0.2, 0.25) is 0 Å². The van der Waals surface area contributed by atoms with Gasteiger partial charge >= 0.3 is 0 Å². The first kappa shape index (κ1) is 11.9. The number of hydrogen-bond acceptors (Lipinski definition) is 3. The molecule has 1 saturated heterocycles. The van der Waals surface area contributed by atoms with Crippen molar-refractivity contribution in [1.82, 2.24) is 5.32 Å². The molecule has 1 unspecified atom stereocenters. The van der Waals surface area contributed by atoms with Crippen molar-refractivity contribution in [2.75, 3.05) is 6.54 Å². The lowest BCUT2D eigenvalue weighted by Gasteiger charge is -2.16. The third-order valence-electron chi connectivity index (χ3n) is 2.93. The van der Waals surface area contributed by atoms with Crippen molar-refractivity contribution >= 4 is 5.94 Å². The SMILES string of the molecule is O=C=C1NCCCCC1OCc1ccccc1. The number of nitrogens with one attached hydrogen (secondary N) is 1. The van der Waals surface area contributed by atoms with Crippen molar-refractivity contribution in [3.63, 3.8) is 0 Å². The second-order valence-corrected chi connectivity index (χ2v) is 4.22. The quantitative estimate of drug-likeness (QED) is 0.809. The van der Waals surface area contributed by atoms with Crippen LogP contribution in [0.4, 0.5) is 0 Å². The van der Waals surface area contributed by atoms with Crippen LogP contribution in [0.25, 0.3) is 0 Å². The number of hydrogen-bond donors (Lipinski definition) is 1. The standard InChI is InChI=1S/C14H17NO2/c16-10-13-14(8-4-5-9-15-13)17-11-12-6-2-1-3-7-12/h1-3,6-7,14-15H,4-5,8-9,11H2. The van der Waals surface area contributed by atoms with Gasteiger partial charge in [0, 0.05) is 6.54 Å². The van der Waals surface area contributed by atoms with E-state index >= 15 is 0 Å². The van der Waals surface area contributed by atoms with Gasteiger partial charge < -0.3 is 10.1 Å². The maximum absolute atomic E-state index is 10.8. The van der Waals surface area contributed by atoms with E-state index in [1.165, 1.54) is 0 Å². The maximum Gasteiger partial charge on any atom is 0.148 e. The average Bonchev–Trinajstić information content (AvgIpc) is 2.62. The summed E-state index contributed by atoms with van der Waals surface area (Å²) < 4.78 is 5.79. The van der Waals surface area contributed by atoms with E-state index in [1.807, 2.05) is 36.3 Å². The molecule has 1 aromatic rings. The molecule has 1 aliphatic heterocycles. The Morgan fingerprint density at radius 3 is 2.88 bits per heavy atom. The van der Waals surface area contributed by atoms with Crippen molar-refractivity contribution in [3.05, 3.63) is 41.6 Å². The summed E-state index contributed by atoms with van der Waals surface area (Å²) in [6.45, 7) is 1.38. The largest absolute Gasteiger partial charge is 0.377 e. The van der Waals surface area contributed by atoms with E-state index in [-0.39, 0.29) is 6.10 Å². The van der Waals surface area contributed by atoms with Gasteiger partial charge in [0.2, 0.25) is 0 Å². The molecule has 3 nitrogen and oxygen atoms in total. The molecule has 0 amide bonds. The van der Waals surface area contributed by atoms with Crippen LogP contribution in [0.1, 0.15) is 24.8 Å². The zero-order valence-corrected chi connectivity index (χ0v) is 9.82. The van der Waals surface area contributed by atoms with Crippen LogP contribution in [0, 0.1) is 0 Å². The monoisotopic (exact) mass is 231 g/mol. The van der Waals surface area contributed by atoms with Gasteiger partial charge in [0.05, 0.1) is 6.61 Å². The molecule has 90 valence electrons. The molecule has 1 fully saturated rings. The van der Waals surface area contributed by atoms with Gasteiger partial charge in [0.15, 0.2) is 0 Å². The van der Waals surface area contributed by atoms with Gasteiger partial charge in [-0.25, -0.2) is 4.79 Å². The fraction of sp³-hybridized carbons (Fsp3) is 0.429. The van der Waals surface area contributed by atoms with Crippen LogP contribution in [0.3, 0.4) is 0 Å². The second kappa shape index (κ2) is 6.24. The van der Waals surface area contributed by atoms with Crippen molar-refractivity contribution in [1.29, 1.82) is 0 Å². The van der Waals surface area contributed by atoms with Crippen LogP contribution in [0.15, 0.2) is 36.0 Å². The topological polar surface area (TPSA) is 38.3 Å². The molecular weight excluding hydrogens is 214 g/mol. The first-order chi connectivity index (χ1) is 8.40. The maximum atomic E-state index is 10.8. The van der Waals surface area contributed by atoms with Crippen LogP contribution in [-0.2, 0) is 16.1 Å². The van der Waals surface area contributed by atoms with Crippen LogP contribution >= 0.6 is 0 Å². The zero-order valence-electron chi connectivity index (χ0n) is 9.82. The summed E-state index contributed by atoms with van der Waals surface area (Å²) in [4.78, 5) is 10.8. The van der Waals surface area contributed by atoms with Gasteiger partial charge in [0.25, 0.3) is 0 Å². The Balaban J connectivity index is 1.94. The summed E-state index contributed by atoms with van der Waals surface area (Å²) in [6, 6.07) is 10.00. The molecule has 1 heterocycles. The Morgan fingerprint density at radius 2 is 2.12 bits per heavy atom. The van der Waals surface area contributed by atoms with Crippen molar-refractivity contribution in [3.8, 4) is 0 Å². The van der Waals surface area contributed by atoms with Gasteiger partial charge in [-0.2, -0.15) is 0 Å². The summed E-state index contributed by atoms with van der Waals surface area (Å²) in [5.74, 6) is 1.96. The average molecular weight is 231 g/mol. The van der Waals surface area contributed by atoms with Gasteiger partial charge in [0.1, 0.15) is 17.7 Å². The molecule has 0 bridgehead atoms. The molecule has 1 aromatic carbocycles. The van der Waals surface area contributed by atoms with E-state index in [4.69, 9.17) is 4.74 Å². The van der Waals surface area contributed by atoms with Crippen LogP contribution < -0.4 is 5.32 Å². The summed E-state index contributed by atoms with van der Waals surface area (Å²) in [5, 5.41) is 3.09. The minimum Gasteiger partial charge on any atom is -0.377 e. The van der Waals surface area contributed by atoms with E-state index in [2.05, 4.69) is 5.32 Å². The molecule has 0 radical (unpaired) electrons.